The van der Waals surface area contributed by atoms with Crippen LogP contribution in [0.15, 0.2) is 48.7 Å². The number of rotatable bonds is 3. The molecule has 0 saturated heterocycles. The number of halogens is 4. The predicted octanol–water partition coefficient (Wildman–Crippen LogP) is 4.53. The van der Waals surface area contributed by atoms with Gasteiger partial charge in [-0.15, -0.1) is 0 Å². The lowest BCUT2D eigenvalue weighted by atomic mass is 10.2. The van der Waals surface area contributed by atoms with Gasteiger partial charge in [0.05, 0.1) is 11.3 Å². The van der Waals surface area contributed by atoms with Gasteiger partial charge in [-0.3, -0.25) is 4.79 Å². The van der Waals surface area contributed by atoms with Crippen molar-refractivity contribution >= 4 is 34.7 Å². The molecule has 1 aromatic heterocycles. The van der Waals surface area contributed by atoms with Crippen LogP contribution >= 0.6 is 0 Å². The molecular formula is C18H13F4N3O2. The fraction of sp³-hybridized carbons (Fsp3) is 0.111. The molecule has 0 spiro atoms. The minimum atomic E-state index is -4.91. The number of fused-ring (bicyclic) bond motifs is 1. The smallest absolute Gasteiger partial charge is 0.351 e. The maximum Gasteiger partial charge on any atom is 0.419 e. The second-order valence-electron chi connectivity index (χ2n) is 5.77. The van der Waals surface area contributed by atoms with Crippen molar-refractivity contribution < 1.29 is 27.2 Å². The molecule has 3 rings (SSSR count). The maximum atomic E-state index is 13.3. The second kappa shape index (κ2) is 6.75. The molecule has 0 unspecified atom stereocenters. The summed E-state index contributed by atoms with van der Waals surface area (Å²) in [6.07, 6.45) is -2.86. The number of hydrogen-bond donors (Lipinski definition) is 1. The molecule has 1 N–H and O–H groups in total. The van der Waals surface area contributed by atoms with E-state index in [1.54, 1.807) is 24.4 Å². The van der Waals surface area contributed by atoms with Crippen molar-refractivity contribution in [1.29, 1.82) is 0 Å². The first-order valence-corrected chi connectivity index (χ1v) is 7.68. The molecule has 0 fully saturated rings. The van der Waals surface area contributed by atoms with Crippen LogP contribution in [0, 0.1) is 5.82 Å². The van der Waals surface area contributed by atoms with Crippen LogP contribution in [0.2, 0.25) is 0 Å². The quantitative estimate of drug-likeness (QED) is 0.537. The zero-order valence-electron chi connectivity index (χ0n) is 13.9. The number of hydrogen-bond acceptors (Lipinski definition) is 2. The summed E-state index contributed by atoms with van der Waals surface area (Å²) >= 11 is 0. The highest BCUT2D eigenvalue weighted by Crippen LogP contribution is 2.33. The third-order valence-corrected chi connectivity index (χ3v) is 3.99. The minimum absolute atomic E-state index is 0.236. The number of aryl methyl sites for hydroxylation is 1. The van der Waals surface area contributed by atoms with Gasteiger partial charge in [0.2, 0.25) is 6.41 Å². The normalized spacial score (nSPS) is 11.4. The highest BCUT2D eigenvalue weighted by Gasteiger charge is 2.34. The molecule has 2 aromatic carbocycles. The molecule has 140 valence electrons. The average molecular weight is 379 g/mol. The van der Waals surface area contributed by atoms with Crippen LogP contribution in [0.4, 0.5) is 33.7 Å². The van der Waals surface area contributed by atoms with Crippen molar-refractivity contribution in [2.75, 3.05) is 10.2 Å². The first-order chi connectivity index (χ1) is 12.7. The van der Waals surface area contributed by atoms with Gasteiger partial charge in [-0.05, 0) is 42.5 Å². The highest BCUT2D eigenvalue weighted by molar-refractivity contribution is 6.12. The average Bonchev–Trinajstić information content (AvgIpc) is 2.97. The van der Waals surface area contributed by atoms with Crippen molar-refractivity contribution in [1.82, 2.24) is 4.57 Å². The van der Waals surface area contributed by atoms with Gasteiger partial charge in [0, 0.05) is 29.8 Å². The van der Waals surface area contributed by atoms with E-state index in [-0.39, 0.29) is 17.8 Å². The molecule has 0 aliphatic carbocycles. The van der Waals surface area contributed by atoms with E-state index in [0.717, 1.165) is 17.0 Å². The Hall–Kier alpha value is -3.36. The number of nitrogens with one attached hydrogen (secondary N) is 1. The number of imide groups is 1. The van der Waals surface area contributed by atoms with Crippen molar-refractivity contribution in [3.05, 3.63) is 60.0 Å². The van der Waals surface area contributed by atoms with Gasteiger partial charge in [-0.25, -0.2) is 14.1 Å². The van der Waals surface area contributed by atoms with Crippen LogP contribution in [0.5, 0.6) is 0 Å². The Balaban J connectivity index is 1.88. The molecule has 1 heterocycles. The molecular weight excluding hydrogens is 366 g/mol. The SMILES string of the molecule is Cn1ccc2cc(N(C=O)C(=O)Nc3ccc(F)c(C(F)(F)F)c3)ccc21. The molecule has 0 atom stereocenters. The molecule has 0 saturated carbocycles. The van der Waals surface area contributed by atoms with E-state index in [1.807, 2.05) is 11.6 Å². The van der Waals surface area contributed by atoms with E-state index in [1.165, 1.54) is 6.07 Å². The van der Waals surface area contributed by atoms with Gasteiger partial charge >= 0.3 is 12.2 Å². The molecule has 0 bridgehead atoms. The Morgan fingerprint density at radius 3 is 2.56 bits per heavy atom. The summed E-state index contributed by atoms with van der Waals surface area (Å²) in [7, 11) is 1.83. The van der Waals surface area contributed by atoms with E-state index in [9.17, 15) is 27.2 Å². The Labute approximate surface area is 150 Å². The van der Waals surface area contributed by atoms with Crippen LogP contribution in [0.1, 0.15) is 5.56 Å². The van der Waals surface area contributed by atoms with Crippen molar-refractivity contribution in [2.45, 2.75) is 6.18 Å². The van der Waals surface area contributed by atoms with Crippen LogP contribution in [0.3, 0.4) is 0 Å². The van der Waals surface area contributed by atoms with Crippen molar-refractivity contribution in [2.24, 2.45) is 7.05 Å². The number of carbonyl (C=O) groups is 2. The van der Waals surface area contributed by atoms with E-state index < -0.39 is 23.6 Å². The van der Waals surface area contributed by atoms with E-state index in [2.05, 4.69) is 5.32 Å². The molecule has 9 heteroatoms. The Morgan fingerprint density at radius 2 is 1.89 bits per heavy atom. The molecule has 3 amide bonds. The number of nitrogens with zero attached hydrogens (tertiary/aromatic N) is 2. The van der Waals surface area contributed by atoms with Crippen LogP contribution in [-0.4, -0.2) is 17.0 Å². The fourth-order valence-electron chi connectivity index (χ4n) is 2.65. The molecule has 5 nitrogen and oxygen atoms in total. The highest BCUT2D eigenvalue weighted by atomic mass is 19.4. The van der Waals surface area contributed by atoms with Gasteiger partial charge in [0.15, 0.2) is 0 Å². The summed E-state index contributed by atoms with van der Waals surface area (Å²) in [5.41, 5.74) is -0.692. The van der Waals surface area contributed by atoms with E-state index in [4.69, 9.17) is 0 Å². The number of alkyl halides is 3. The second-order valence-corrected chi connectivity index (χ2v) is 5.77. The number of aromatic nitrogens is 1. The van der Waals surface area contributed by atoms with Gasteiger partial charge < -0.3 is 9.88 Å². The molecule has 0 aliphatic rings. The zero-order valence-corrected chi connectivity index (χ0v) is 13.9. The van der Waals surface area contributed by atoms with Gasteiger partial charge in [-0.1, -0.05) is 0 Å². The van der Waals surface area contributed by atoms with Crippen LogP contribution < -0.4 is 10.2 Å². The fourth-order valence-corrected chi connectivity index (χ4v) is 2.65. The monoisotopic (exact) mass is 379 g/mol. The third kappa shape index (κ3) is 3.62. The first-order valence-electron chi connectivity index (χ1n) is 7.68. The summed E-state index contributed by atoms with van der Waals surface area (Å²) in [6, 6.07) is 7.68. The summed E-state index contributed by atoms with van der Waals surface area (Å²) in [6.45, 7) is 0. The summed E-state index contributed by atoms with van der Waals surface area (Å²) in [5.74, 6) is -1.46. The molecule has 27 heavy (non-hydrogen) atoms. The maximum absolute atomic E-state index is 13.3. The molecule has 0 aliphatic heterocycles. The summed E-state index contributed by atoms with van der Waals surface area (Å²) in [5, 5.41) is 2.94. The minimum Gasteiger partial charge on any atom is -0.351 e. The van der Waals surface area contributed by atoms with Gasteiger partial charge in [0.25, 0.3) is 0 Å². The lowest BCUT2D eigenvalue weighted by Gasteiger charge is -2.17. The zero-order chi connectivity index (χ0) is 19.8. The van der Waals surface area contributed by atoms with Crippen molar-refractivity contribution in [3.8, 4) is 0 Å². The van der Waals surface area contributed by atoms with Gasteiger partial charge in [0.1, 0.15) is 5.82 Å². The number of benzene rings is 2. The standard InChI is InChI=1S/C18H13F4N3O2/c1-24-7-6-11-8-13(3-5-16(11)24)25(10-26)17(27)23-12-2-4-15(19)14(9-12)18(20,21)22/h2-10H,1H3,(H,23,27). The Morgan fingerprint density at radius 1 is 1.15 bits per heavy atom. The number of anilines is 2. The lowest BCUT2D eigenvalue weighted by molar-refractivity contribution is -0.139. The van der Waals surface area contributed by atoms with E-state index in [0.29, 0.717) is 17.0 Å². The summed E-state index contributed by atoms with van der Waals surface area (Å²) in [4.78, 5) is 24.4. The molecule has 0 radical (unpaired) electrons. The van der Waals surface area contributed by atoms with Crippen molar-refractivity contribution in [3.63, 3.8) is 0 Å². The third-order valence-electron chi connectivity index (χ3n) is 3.99. The van der Waals surface area contributed by atoms with E-state index >= 15 is 0 Å². The summed E-state index contributed by atoms with van der Waals surface area (Å²) < 4.78 is 53.5. The topological polar surface area (TPSA) is 54.3 Å². The predicted molar refractivity (Wildman–Crippen MR) is 91.9 cm³/mol. The van der Waals surface area contributed by atoms with Crippen LogP contribution in [0.25, 0.3) is 10.9 Å². The number of carbonyl (C=O) groups excluding carboxylic acids is 2. The van der Waals surface area contributed by atoms with Gasteiger partial charge in [-0.2, -0.15) is 13.2 Å². The Bertz CT molecular complexity index is 1030. The molecule has 3 aromatic rings. The number of amides is 3. The van der Waals surface area contributed by atoms with Crippen LogP contribution in [-0.2, 0) is 18.0 Å². The lowest BCUT2D eigenvalue weighted by Crippen LogP contribution is -2.33. The Kier molecular flexibility index (Phi) is 4.61. The number of urea groups is 1. The first kappa shape index (κ1) is 18.4. The largest absolute Gasteiger partial charge is 0.419 e.